The van der Waals surface area contributed by atoms with Gasteiger partial charge in [-0.05, 0) is 58.5 Å². The zero-order chi connectivity index (χ0) is 15.1. The largest absolute Gasteiger partial charge is 0.301 e. The zero-order valence-corrected chi connectivity index (χ0v) is 13.9. The topological polar surface area (TPSA) is 42.3 Å². The van der Waals surface area contributed by atoms with Crippen molar-refractivity contribution in [3.05, 3.63) is 0 Å². The molecule has 21 heavy (non-hydrogen) atoms. The highest BCUT2D eigenvalue weighted by Gasteiger charge is 2.31. The molecule has 0 spiro atoms. The SMILES string of the molecule is CCCNC(C)(C#N)CCCCN1CCN(C2CC2)CC1. The van der Waals surface area contributed by atoms with Gasteiger partial charge in [0.05, 0.1) is 6.07 Å². The second kappa shape index (κ2) is 8.12. The number of unbranched alkanes of at least 4 members (excludes halogenated alkanes) is 1. The fraction of sp³-hybridized carbons (Fsp3) is 0.941. The molecule has 4 nitrogen and oxygen atoms in total. The molecule has 1 saturated heterocycles. The van der Waals surface area contributed by atoms with Gasteiger partial charge < -0.3 is 4.90 Å². The molecule has 0 radical (unpaired) electrons. The molecular formula is C17H32N4. The Labute approximate surface area is 130 Å². The molecule has 2 rings (SSSR count). The van der Waals surface area contributed by atoms with E-state index in [2.05, 4.69) is 28.1 Å². The monoisotopic (exact) mass is 292 g/mol. The Morgan fingerprint density at radius 1 is 1.19 bits per heavy atom. The molecule has 0 aromatic carbocycles. The predicted octanol–water partition coefficient (Wildman–Crippen LogP) is 2.22. The number of nitrogens with one attached hydrogen (secondary N) is 1. The molecule has 0 aromatic heterocycles. The third kappa shape index (κ3) is 5.58. The Morgan fingerprint density at radius 3 is 2.48 bits per heavy atom. The van der Waals surface area contributed by atoms with Gasteiger partial charge in [0.15, 0.2) is 0 Å². The molecule has 2 aliphatic rings. The minimum Gasteiger partial charge on any atom is -0.301 e. The average Bonchev–Trinajstić information content (AvgIpc) is 3.35. The van der Waals surface area contributed by atoms with Crippen LogP contribution < -0.4 is 5.32 Å². The van der Waals surface area contributed by atoms with Gasteiger partial charge in [-0.2, -0.15) is 5.26 Å². The normalized spacial score (nSPS) is 23.7. The van der Waals surface area contributed by atoms with Crippen LogP contribution in [0.1, 0.15) is 52.4 Å². The molecular weight excluding hydrogens is 260 g/mol. The van der Waals surface area contributed by atoms with Crippen molar-refractivity contribution in [1.82, 2.24) is 15.1 Å². The van der Waals surface area contributed by atoms with E-state index in [0.717, 1.165) is 31.8 Å². The van der Waals surface area contributed by atoms with E-state index in [1.807, 2.05) is 6.92 Å². The van der Waals surface area contributed by atoms with E-state index in [9.17, 15) is 5.26 Å². The highest BCUT2D eigenvalue weighted by molar-refractivity contribution is 5.03. The van der Waals surface area contributed by atoms with E-state index < -0.39 is 0 Å². The van der Waals surface area contributed by atoms with Gasteiger partial charge in [0.2, 0.25) is 0 Å². The van der Waals surface area contributed by atoms with Crippen molar-refractivity contribution in [3.63, 3.8) is 0 Å². The van der Waals surface area contributed by atoms with E-state index >= 15 is 0 Å². The first-order chi connectivity index (χ1) is 10.2. The Hall–Kier alpha value is -0.630. The van der Waals surface area contributed by atoms with Crippen molar-refractivity contribution in [2.45, 2.75) is 64.0 Å². The summed E-state index contributed by atoms with van der Waals surface area (Å²) in [6.45, 7) is 11.3. The van der Waals surface area contributed by atoms with Gasteiger partial charge in [0.25, 0.3) is 0 Å². The van der Waals surface area contributed by atoms with Crippen molar-refractivity contribution >= 4 is 0 Å². The van der Waals surface area contributed by atoms with Crippen LogP contribution in [0.2, 0.25) is 0 Å². The van der Waals surface area contributed by atoms with Crippen LogP contribution >= 0.6 is 0 Å². The van der Waals surface area contributed by atoms with E-state index in [4.69, 9.17) is 0 Å². The summed E-state index contributed by atoms with van der Waals surface area (Å²) >= 11 is 0. The van der Waals surface area contributed by atoms with Crippen molar-refractivity contribution in [2.75, 3.05) is 39.3 Å². The molecule has 0 bridgehead atoms. The lowest BCUT2D eigenvalue weighted by Gasteiger charge is -2.35. The van der Waals surface area contributed by atoms with E-state index in [1.165, 1.54) is 52.0 Å². The van der Waals surface area contributed by atoms with E-state index in [0.29, 0.717) is 0 Å². The van der Waals surface area contributed by atoms with Gasteiger partial charge in [0, 0.05) is 32.2 Å². The van der Waals surface area contributed by atoms with Gasteiger partial charge in [-0.25, -0.2) is 0 Å². The van der Waals surface area contributed by atoms with Crippen molar-refractivity contribution in [3.8, 4) is 6.07 Å². The smallest absolute Gasteiger partial charge is 0.103 e. The second-order valence-corrected chi connectivity index (χ2v) is 6.94. The highest BCUT2D eigenvalue weighted by atomic mass is 15.3. The maximum atomic E-state index is 9.32. The minimum absolute atomic E-state index is 0.333. The van der Waals surface area contributed by atoms with Gasteiger partial charge in [-0.3, -0.25) is 10.2 Å². The molecule has 0 amide bonds. The molecule has 1 saturated carbocycles. The van der Waals surface area contributed by atoms with E-state index in [-0.39, 0.29) is 5.54 Å². The van der Waals surface area contributed by atoms with Gasteiger partial charge in [-0.1, -0.05) is 6.92 Å². The lowest BCUT2D eigenvalue weighted by molar-refractivity contribution is 0.124. The first kappa shape index (κ1) is 16.7. The predicted molar refractivity (Wildman–Crippen MR) is 87.2 cm³/mol. The number of rotatable bonds is 9. The number of nitriles is 1. The number of hydrogen-bond donors (Lipinski definition) is 1. The molecule has 120 valence electrons. The number of piperazine rings is 1. The van der Waals surface area contributed by atoms with Crippen LogP contribution in [0.25, 0.3) is 0 Å². The summed E-state index contributed by atoms with van der Waals surface area (Å²) in [5, 5.41) is 12.7. The second-order valence-electron chi connectivity index (χ2n) is 6.94. The summed E-state index contributed by atoms with van der Waals surface area (Å²) in [7, 11) is 0. The van der Waals surface area contributed by atoms with Crippen LogP contribution in [0.5, 0.6) is 0 Å². The van der Waals surface area contributed by atoms with Crippen molar-refractivity contribution in [2.24, 2.45) is 0 Å². The first-order valence-corrected chi connectivity index (χ1v) is 8.79. The van der Waals surface area contributed by atoms with Crippen LogP contribution in [0.15, 0.2) is 0 Å². The fourth-order valence-corrected chi connectivity index (χ4v) is 3.19. The average molecular weight is 292 g/mol. The maximum Gasteiger partial charge on any atom is 0.103 e. The molecule has 1 heterocycles. The first-order valence-electron chi connectivity index (χ1n) is 8.79. The van der Waals surface area contributed by atoms with E-state index in [1.54, 1.807) is 0 Å². The van der Waals surface area contributed by atoms with Crippen molar-refractivity contribution in [1.29, 1.82) is 5.26 Å². The Balaban J connectivity index is 1.56. The summed E-state index contributed by atoms with van der Waals surface area (Å²) in [4.78, 5) is 5.26. The summed E-state index contributed by atoms with van der Waals surface area (Å²) < 4.78 is 0. The maximum absolute atomic E-state index is 9.32. The van der Waals surface area contributed by atoms with Crippen LogP contribution in [0.4, 0.5) is 0 Å². The molecule has 1 aliphatic heterocycles. The molecule has 0 aromatic rings. The van der Waals surface area contributed by atoms with Gasteiger partial charge in [-0.15, -0.1) is 0 Å². The summed E-state index contributed by atoms with van der Waals surface area (Å²) in [6, 6.07) is 3.37. The summed E-state index contributed by atoms with van der Waals surface area (Å²) in [5.41, 5.74) is -0.333. The molecule has 1 unspecified atom stereocenters. The fourth-order valence-electron chi connectivity index (χ4n) is 3.19. The zero-order valence-electron chi connectivity index (χ0n) is 13.9. The van der Waals surface area contributed by atoms with Gasteiger partial charge in [0.1, 0.15) is 5.54 Å². The molecule has 1 atom stereocenters. The van der Waals surface area contributed by atoms with Gasteiger partial charge >= 0.3 is 0 Å². The van der Waals surface area contributed by atoms with Crippen LogP contribution in [0.3, 0.4) is 0 Å². The third-order valence-corrected chi connectivity index (χ3v) is 4.88. The van der Waals surface area contributed by atoms with Crippen LogP contribution in [0, 0.1) is 11.3 Å². The molecule has 1 N–H and O–H groups in total. The lowest BCUT2D eigenvalue weighted by Crippen LogP contribution is -2.47. The standard InChI is InChI=1S/C17H32N4/c1-3-9-19-17(2,15-18)8-4-5-10-20-11-13-21(14-12-20)16-6-7-16/h16,19H,3-14H2,1-2H3. The summed E-state index contributed by atoms with van der Waals surface area (Å²) in [6.07, 6.45) is 7.27. The van der Waals surface area contributed by atoms with Crippen LogP contribution in [-0.4, -0.2) is 60.6 Å². The third-order valence-electron chi connectivity index (χ3n) is 4.88. The lowest BCUT2D eigenvalue weighted by atomic mass is 9.96. The number of nitrogens with zero attached hydrogens (tertiary/aromatic N) is 3. The highest BCUT2D eigenvalue weighted by Crippen LogP contribution is 2.27. The molecule has 4 heteroatoms. The quantitative estimate of drug-likeness (QED) is 0.662. The Kier molecular flexibility index (Phi) is 6.47. The minimum atomic E-state index is -0.333. The van der Waals surface area contributed by atoms with Crippen LogP contribution in [-0.2, 0) is 0 Å². The van der Waals surface area contributed by atoms with Crippen molar-refractivity contribution < 1.29 is 0 Å². The Bertz CT molecular complexity index is 339. The molecule has 1 aliphatic carbocycles. The Morgan fingerprint density at radius 2 is 1.90 bits per heavy atom. The number of hydrogen-bond acceptors (Lipinski definition) is 4. The summed E-state index contributed by atoms with van der Waals surface area (Å²) in [5.74, 6) is 0. The molecule has 2 fully saturated rings.